The quantitative estimate of drug-likeness (QED) is 0.553. The predicted molar refractivity (Wildman–Crippen MR) is 74.0 cm³/mol. The smallest absolute Gasteiger partial charge is 0.305 e. The van der Waals surface area contributed by atoms with Crippen molar-refractivity contribution in [1.29, 1.82) is 0 Å². The van der Waals surface area contributed by atoms with E-state index in [0.29, 0.717) is 19.4 Å². The molecule has 0 aliphatic carbocycles. The molecule has 6 heteroatoms. The van der Waals surface area contributed by atoms with Crippen LogP contribution in [0.15, 0.2) is 0 Å². The lowest BCUT2D eigenvalue weighted by atomic mass is 9.94. The molecule has 2 N–H and O–H groups in total. The van der Waals surface area contributed by atoms with Crippen molar-refractivity contribution in [1.82, 2.24) is 4.90 Å². The van der Waals surface area contributed by atoms with E-state index in [1.165, 1.54) is 7.11 Å². The molecule has 0 heterocycles. The first kappa shape index (κ1) is 16.8. The second-order valence-electron chi connectivity index (χ2n) is 4.56. The zero-order valence-electron chi connectivity index (χ0n) is 11.4. The molecule has 0 spiro atoms. The molecule has 0 saturated heterocycles. The SMILES string of the molecule is COC(=O)CCCN(C)C(=O)C(C(N)=S)C(C)C. The number of nitrogens with zero attached hydrogens (tertiary/aromatic N) is 1. The number of rotatable bonds is 7. The molecular weight excluding hydrogens is 252 g/mol. The molecule has 5 nitrogen and oxygen atoms in total. The number of ether oxygens (including phenoxy) is 1. The largest absolute Gasteiger partial charge is 0.469 e. The second-order valence-corrected chi connectivity index (χ2v) is 5.03. The number of hydrogen-bond donors (Lipinski definition) is 1. The van der Waals surface area contributed by atoms with Crippen LogP contribution in [0.3, 0.4) is 0 Å². The van der Waals surface area contributed by atoms with Gasteiger partial charge in [0.25, 0.3) is 0 Å². The second kappa shape index (κ2) is 8.02. The molecule has 0 bridgehead atoms. The van der Waals surface area contributed by atoms with Crippen molar-refractivity contribution in [3.8, 4) is 0 Å². The van der Waals surface area contributed by atoms with Crippen LogP contribution in [0.2, 0.25) is 0 Å². The van der Waals surface area contributed by atoms with Crippen LogP contribution in [-0.2, 0) is 14.3 Å². The molecule has 0 aliphatic heterocycles. The minimum Gasteiger partial charge on any atom is -0.469 e. The Bertz CT molecular complexity index is 318. The topological polar surface area (TPSA) is 72.6 Å². The fourth-order valence-electron chi connectivity index (χ4n) is 1.65. The lowest BCUT2D eigenvalue weighted by Crippen LogP contribution is -2.42. The predicted octanol–water partition coefficient (Wildman–Crippen LogP) is 0.956. The third-order valence-electron chi connectivity index (χ3n) is 2.72. The minimum absolute atomic E-state index is 0.0676. The Morgan fingerprint density at radius 3 is 2.33 bits per heavy atom. The van der Waals surface area contributed by atoms with Gasteiger partial charge in [0.15, 0.2) is 0 Å². The Hall–Kier alpha value is -1.17. The first-order valence-electron chi connectivity index (χ1n) is 5.92. The number of carbonyl (C=O) groups excluding carboxylic acids is 2. The Balaban J connectivity index is 4.32. The molecule has 1 amide bonds. The van der Waals surface area contributed by atoms with Gasteiger partial charge in [-0.2, -0.15) is 0 Å². The van der Waals surface area contributed by atoms with E-state index in [2.05, 4.69) is 4.74 Å². The summed E-state index contributed by atoms with van der Waals surface area (Å²) >= 11 is 4.92. The molecule has 0 saturated carbocycles. The molecule has 0 aromatic heterocycles. The number of esters is 1. The summed E-state index contributed by atoms with van der Waals surface area (Å²) < 4.78 is 4.53. The van der Waals surface area contributed by atoms with Crippen LogP contribution in [0.25, 0.3) is 0 Å². The number of methoxy groups -OCH3 is 1. The van der Waals surface area contributed by atoms with Crippen molar-refractivity contribution in [2.24, 2.45) is 17.6 Å². The molecule has 0 fully saturated rings. The van der Waals surface area contributed by atoms with Gasteiger partial charge in [0, 0.05) is 20.0 Å². The van der Waals surface area contributed by atoms with Gasteiger partial charge in [-0.05, 0) is 12.3 Å². The number of nitrogens with two attached hydrogens (primary N) is 1. The van der Waals surface area contributed by atoms with Crippen LogP contribution in [-0.4, -0.2) is 42.5 Å². The molecule has 1 atom stereocenters. The van der Waals surface area contributed by atoms with Crippen LogP contribution in [0.4, 0.5) is 0 Å². The maximum Gasteiger partial charge on any atom is 0.305 e. The summed E-state index contributed by atoms with van der Waals surface area (Å²) in [5.74, 6) is -0.742. The van der Waals surface area contributed by atoms with E-state index in [1.807, 2.05) is 13.8 Å². The van der Waals surface area contributed by atoms with E-state index in [1.54, 1.807) is 11.9 Å². The lowest BCUT2D eigenvalue weighted by molar-refractivity contribution is -0.141. The van der Waals surface area contributed by atoms with Crippen LogP contribution in [0.1, 0.15) is 26.7 Å². The van der Waals surface area contributed by atoms with Crippen LogP contribution in [0, 0.1) is 11.8 Å². The van der Waals surface area contributed by atoms with E-state index in [-0.39, 0.29) is 22.8 Å². The van der Waals surface area contributed by atoms with Crippen molar-refractivity contribution in [2.45, 2.75) is 26.7 Å². The summed E-state index contributed by atoms with van der Waals surface area (Å²) in [7, 11) is 3.03. The molecular formula is C12H22N2O3S. The van der Waals surface area contributed by atoms with E-state index in [0.717, 1.165) is 0 Å². The third kappa shape index (κ3) is 5.44. The average Bonchev–Trinajstić information content (AvgIpc) is 2.27. The number of amides is 1. The summed E-state index contributed by atoms with van der Waals surface area (Å²) in [6, 6.07) is 0. The molecule has 18 heavy (non-hydrogen) atoms. The lowest BCUT2D eigenvalue weighted by Gasteiger charge is -2.25. The summed E-state index contributed by atoms with van der Waals surface area (Å²) in [5, 5.41) is 0. The van der Waals surface area contributed by atoms with Gasteiger partial charge in [-0.15, -0.1) is 0 Å². The maximum absolute atomic E-state index is 12.1. The highest BCUT2D eigenvalue weighted by atomic mass is 32.1. The molecule has 0 aromatic rings. The Morgan fingerprint density at radius 1 is 1.39 bits per heavy atom. The van der Waals surface area contributed by atoms with E-state index in [9.17, 15) is 9.59 Å². The molecule has 0 radical (unpaired) electrons. The van der Waals surface area contributed by atoms with Gasteiger partial charge in [0.1, 0.15) is 0 Å². The molecule has 1 unspecified atom stereocenters. The zero-order chi connectivity index (χ0) is 14.3. The minimum atomic E-state index is -0.442. The van der Waals surface area contributed by atoms with Crippen molar-refractivity contribution in [2.75, 3.05) is 20.7 Å². The molecule has 0 rings (SSSR count). The van der Waals surface area contributed by atoms with E-state index >= 15 is 0 Å². The fraction of sp³-hybridized carbons (Fsp3) is 0.750. The van der Waals surface area contributed by atoms with Gasteiger partial charge >= 0.3 is 5.97 Å². The Kier molecular flexibility index (Phi) is 7.50. The summed E-state index contributed by atoms with van der Waals surface area (Å²) in [6.07, 6.45) is 0.866. The maximum atomic E-state index is 12.1. The van der Waals surface area contributed by atoms with Crippen molar-refractivity contribution >= 4 is 29.1 Å². The van der Waals surface area contributed by atoms with Gasteiger partial charge in [0.2, 0.25) is 5.91 Å². The normalized spacial score (nSPS) is 12.1. The van der Waals surface area contributed by atoms with Crippen molar-refractivity contribution in [3.05, 3.63) is 0 Å². The number of hydrogen-bond acceptors (Lipinski definition) is 4. The van der Waals surface area contributed by atoms with Gasteiger partial charge in [-0.3, -0.25) is 9.59 Å². The van der Waals surface area contributed by atoms with Gasteiger partial charge < -0.3 is 15.4 Å². The van der Waals surface area contributed by atoms with Gasteiger partial charge in [0.05, 0.1) is 18.0 Å². The third-order valence-corrected chi connectivity index (χ3v) is 2.97. The van der Waals surface area contributed by atoms with E-state index in [4.69, 9.17) is 18.0 Å². The number of carbonyl (C=O) groups is 2. The highest BCUT2D eigenvalue weighted by molar-refractivity contribution is 7.80. The van der Waals surface area contributed by atoms with Gasteiger partial charge in [-0.25, -0.2) is 0 Å². The first-order valence-corrected chi connectivity index (χ1v) is 6.33. The summed E-state index contributed by atoms with van der Waals surface area (Å²) in [6.45, 7) is 4.30. The fourth-order valence-corrected chi connectivity index (χ4v) is 2.02. The van der Waals surface area contributed by atoms with Crippen LogP contribution in [0.5, 0.6) is 0 Å². The Morgan fingerprint density at radius 2 is 1.94 bits per heavy atom. The molecule has 0 aliphatic rings. The summed E-state index contributed by atoms with van der Waals surface area (Å²) in [4.78, 5) is 24.8. The Labute approximate surface area is 114 Å². The van der Waals surface area contributed by atoms with Crippen LogP contribution < -0.4 is 5.73 Å². The molecule has 0 aromatic carbocycles. The highest BCUT2D eigenvalue weighted by Gasteiger charge is 2.27. The van der Waals surface area contributed by atoms with E-state index < -0.39 is 5.92 Å². The highest BCUT2D eigenvalue weighted by Crippen LogP contribution is 2.14. The van der Waals surface area contributed by atoms with Crippen LogP contribution >= 0.6 is 12.2 Å². The van der Waals surface area contributed by atoms with Gasteiger partial charge in [-0.1, -0.05) is 26.1 Å². The zero-order valence-corrected chi connectivity index (χ0v) is 12.3. The standard InChI is InChI=1S/C12H22N2O3S/c1-8(2)10(11(13)18)12(16)14(3)7-5-6-9(15)17-4/h8,10H,5-7H2,1-4H3,(H2,13,18). The first-order chi connectivity index (χ1) is 8.31. The number of thiocarbonyl (C=S) groups is 1. The van der Waals surface area contributed by atoms with Crippen molar-refractivity contribution in [3.63, 3.8) is 0 Å². The monoisotopic (exact) mass is 274 g/mol. The van der Waals surface area contributed by atoms with Crippen molar-refractivity contribution < 1.29 is 14.3 Å². The summed E-state index contributed by atoms with van der Waals surface area (Å²) in [5.41, 5.74) is 5.58. The average molecular weight is 274 g/mol. The molecule has 104 valence electrons.